The van der Waals surface area contributed by atoms with Crippen molar-refractivity contribution in [3.63, 3.8) is 0 Å². The van der Waals surface area contributed by atoms with Crippen LogP contribution in [0.5, 0.6) is 0 Å². The summed E-state index contributed by atoms with van der Waals surface area (Å²) >= 11 is 1.17. The molecule has 1 aromatic carbocycles. The minimum absolute atomic E-state index is 0.168. The maximum atomic E-state index is 11.2. The maximum Gasteiger partial charge on any atom is 0.316 e. The Morgan fingerprint density at radius 3 is 2.90 bits per heavy atom. The lowest BCUT2D eigenvalue weighted by atomic mass is 10.3. The molecule has 7 heteroatoms. The van der Waals surface area contributed by atoms with Crippen molar-refractivity contribution in [2.75, 3.05) is 17.7 Å². The Kier molecular flexibility index (Phi) is 5.43. The normalized spacial score (nSPS) is 10.2. The van der Waals surface area contributed by atoms with Gasteiger partial charge in [-0.15, -0.1) is 10.2 Å². The van der Waals surface area contributed by atoms with Gasteiger partial charge in [-0.1, -0.05) is 30.0 Å². The number of carbonyl (C=O) groups is 1. The Labute approximate surface area is 120 Å². The zero-order valence-electron chi connectivity index (χ0n) is 11.0. The summed E-state index contributed by atoms with van der Waals surface area (Å²) in [6.45, 7) is 2.58. The quantitative estimate of drug-likeness (QED) is 0.620. The molecule has 1 heterocycles. The average molecular weight is 293 g/mol. The molecule has 20 heavy (non-hydrogen) atoms. The van der Waals surface area contributed by atoms with Gasteiger partial charge in [0.05, 0.1) is 13.2 Å². The van der Waals surface area contributed by atoms with E-state index in [1.165, 1.54) is 11.8 Å². The number of hydrogen-bond donors (Lipinski definition) is 1. The Morgan fingerprint density at radius 2 is 2.15 bits per heavy atom. The highest BCUT2D eigenvalue weighted by molar-refractivity contribution is 7.99. The van der Waals surface area contributed by atoms with Gasteiger partial charge in [-0.2, -0.15) is 0 Å². The van der Waals surface area contributed by atoms with Crippen LogP contribution in [0.4, 0.5) is 5.69 Å². The molecular weight excluding hydrogens is 278 g/mol. The molecule has 0 amide bonds. The van der Waals surface area contributed by atoms with Gasteiger partial charge in [-0.3, -0.25) is 4.79 Å². The molecular formula is C13H15N3O3S. The molecule has 2 rings (SSSR count). The molecule has 0 radical (unpaired) electrons. The number of rotatable bonds is 7. The number of benzene rings is 1. The van der Waals surface area contributed by atoms with Crippen LogP contribution in [0.1, 0.15) is 12.8 Å². The van der Waals surface area contributed by atoms with Crippen LogP contribution in [0.25, 0.3) is 0 Å². The van der Waals surface area contributed by atoms with E-state index in [2.05, 4.69) is 15.5 Å². The number of nitrogens with one attached hydrogen (secondary N) is 1. The summed E-state index contributed by atoms with van der Waals surface area (Å²) in [5.74, 6) is 0.349. The summed E-state index contributed by atoms with van der Waals surface area (Å²) in [6.07, 6.45) is 0. The summed E-state index contributed by atoms with van der Waals surface area (Å²) in [5.41, 5.74) is 0.978. The number of aromatic nitrogens is 2. The maximum absolute atomic E-state index is 11.2. The number of esters is 1. The number of carbonyl (C=O) groups excluding carboxylic acids is 1. The second-order valence-electron chi connectivity index (χ2n) is 3.77. The number of thioether (sulfide) groups is 1. The van der Waals surface area contributed by atoms with E-state index in [9.17, 15) is 4.79 Å². The van der Waals surface area contributed by atoms with Gasteiger partial charge in [0.15, 0.2) is 0 Å². The minimum Gasteiger partial charge on any atom is -0.465 e. The summed E-state index contributed by atoms with van der Waals surface area (Å²) in [7, 11) is 0. The van der Waals surface area contributed by atoms with Gasteiger partial charge in [0.2, 0.25) is 5.89 Å². The van der Waals surface area contributed by atoms with Crippen LogP contribution < -0.4 is 5.32 Å². The average Bonchev–Trinajstić information content (AvgIpc) is 2.92. The lowest BCUT2D eigenvalue weighted by Crippen LogP contribution is -2.06. The third kappa shape index (κ3) is 4.58. The predicted molar refractivity (Wildman–Crippen MR) is 75.4 cm³/mol. The van der Waals surface area contributed by atoms with Crippen molar-refractivity contribution in [3.8, 4) is 0 Å². The van der Waals surface area contributed by atoms with Gasteiger partial charge in [-0.25, -0.2) is 0 Å². The molecule has 0 spiro atoms. The van der Waals surface area contributed by atoms with Gasteiger partial charge in [0, 0.05) is 5.69 Å². The standard InChI is InChI=1S/C13H15N3O3S/c1-2-18-12(17)9-20-13-16-15-11(19-13)8-14-10-6-4-3-5-7-10/h3-7,14H,2,8-9H2,1H3. The van der Waals surface area contributed by atoms with Crippen molar-refractivity contribution in [1.29, 1.82) is 0 Å². The number of nitrogens with zero attached hydrogens (tertiary/aromatic N) is 2. The van der Waals surface area contributed by atoms with E-state index < -0.39 is 0 Å². The first-order valence-electron chi connectivity index (χ1n) is 6.17. The van der Waals surface area contributed by atoms with Crippen molar-refractivity contribution in [3.05, 3.63) is 36.2 Å². The first-order valence-corrected chi connectivity index (χ1v) is 7.16. The molecule has 0 unspecified atom stereocenters. The molecule has 0 aliphatic rings. The van der Waals surface area contributed by atoms with Gasteiger partial charge < -0.3 is 14.5 Å². The SMILES string of the molecule is CCOC(=O)CSc1nnc(CNc2ccccc2)o1. The summed E-state index contributed by atoms with van der Waals surface area (Å²) in [5, 5.41) is 11.3. The number of ether oxygens (including phenoxy) is 1. The lowest BCUT2D eigenvalue weighted by Gasteiger charge is -2.01. The fourth-order valence-electron chi connectivity index (χ4n) is 1.42. The van der Waals surface area contributed by atoms with E-state index >= 15 is 0 Å². The van der Waals surface area contributed by atoms with Gasteiger partial charge >= 0.3 is 5.97 Å². The minimum atomic E-state index is -0.292. The van der Waals surface area contributed by atoms with Crippen LogP contribution in [0.15, 0.2) is 40.0 Å². The number of anilines is 1. The molecule has 0 atom stereocenters. The van der Waals surface area contributed by atoms with Crippen molar-refractivity contribution in [1.82, 2.24) is 10.2 Å². The second-order valence-corrected chi connectivity index (χ2v) is 4.70. The van der Waals surface area contributed by atoms with Crippen molar-refractivity contribution >= 4 is 23.4 Å². The van der Waals surface area contributed by atoms with Gasteiger partial charge in [0.25, 0.3) is 5.22 Å². The van der Waals surface area contributed by atoms with E-state index in [1.54, 1.807) is 6.92 Å². The van der Waals surface area contributed by atoms with Crippen LogP contribution in [-0.2, 0) is 16.1 Å². The first-order chi connectivity index (χ1) is 9.78. The molecule has 1 aromatic heterocycles. The van der Waals surface area contributed by atoms with E-state index in [0.717, 1.165) is 5.69 Å². The monoisotopic (exact) mass is 293 g/mol. The lowest BCUT2D eigenvalue weighted by molar-refractivity contribution is -0.139. The van der Waals surface area contributed by atoms with Gasteiger partial charge in [-0.05, 0) is 19.1 Å². The Hall–Kier alpha value is -2.02. The van der Waals surface area contributed by atoms with Crippen LogP contribution in [0.3, 0.4) is 0 Å². The van der Waals surface area contributed by atoms with Crippen molar-refractivity contribution in [2.24, 2.45) is 0 Å². The summed E-state index contributed by atoms with van der Waals surface area (Å²) in [6, 6.07) is 9.73. The highest BCUT2D eigenvalue weighted by Gasteiger charge is 2.09. The topological polar surface area (TPSA) is 77.2 Å². The predicted octanol–water partition coefficient (Wildman–Crippen LogP) is 2.34. The third-order valence-electron chi connectivity index (χ3n) is 2.28. The molecule has 0 bridgehead atoms. The molecule has 6 nitrogen and oxygen atoms in total. The van der Waals surface area contributed by atoms with E-state index in [1.807, 2.05) is 30.3 Å². The third-order valence-corrected chi connectivity index (χ3v) is 3.08. The highest BCUT2D eigenvalue weighted by Crippen LogP contribution is 2.17. The Bertz CT molecular complexity index is 545. The first kappa shape index (κ1) is 14.4. The second kappa shape index (κ2) is 7.54. The Morgan fingerprint density at radius 1 is 1.35 bits per heavy atom. The highest BCUT2D eigenvalue weighted by atomic mass is 32.2. The van der Waals surface area contributed by atoms with Crippen LogP contribution in [0, 0.1) is 0 Å². The zero-order valence-corrected chi connectivity index (χ0v) is 11.9. The zero-order chi connectivity index (χ0) is 14.2. The van der Waals surface area contributed by atoms with Gasteiger partial charge in [0.1, 0.15) is 5.75 Å². The molecule has 0 saturated carbocycles. The van der Waals surface area contributed by atoms with E-state index in [0.29, 0.717) is 24.3 Å². The smallest absolute Gasteiger partial charge is 0.316 e. The molecule has 0 fully saturated rings. The van der Waals surface area contributed by atoms with Crippen molar-refractivity contribution < 1.29 is 13.9 Å². The number of para-hydroxylation sites is 1. The summed E-state index contributed by atoms with van der Waals surface area (Å²) < 4.78 is 10.2. The molecule has 0 aliphatic carbocycles. The summed E-state index contributed by atoms with van der Waals surface area (Å²) in [4.78, 5) is 11.2. The van der Waals surface area contributed by atoms with Crippen molar-refractivity contribution in [2.45, 2.75) is 18.7 Å². The molecule has 0 saturated heterocycles. The fourth-order valence-corrected chi connectivity index (χ4v) is 2.00. The van der Waals surface area contributed by atoms with E-state index in [-0.39, 0.29) is 11.7 Å². The Balaban J connectivity index is 1.79. The van der Waals surface area contributed by atoms with Crippen LogP contribution in [0.2, 0.25) is 0 Å². The molecule has 1 N–H and O–H groups in total. The van der Waals surface area contributed by atoms with Crippen LogP contribution in [-0.4, -0.2) is 28.5 Å². The molecule has 106 valence electrons. The number of hydrogen-bond acceptors (Lipinski definition) is 7. The van der Waals surface area contributed by atoms with E-state index in [4.69, 9.17) is 9.15 Å². The largest absolute Gasteiger partial charge is 0.465 e. The molecule has 2 aromatic rings. The van der Waals surface area contributed by atoms with Crippen LogP contribution >= 0.6 is 11.8 Å². The fraction of sp³-hybridized carbons (Fsp3) is 0.308. The molecule has 0 aliphatic heterocycles.